The largest absolute Gasteiger partial charge is 0.481 e. The molecular weight excluding hydrogens is 805 g/mol. The molecule has 9 rings (SSSR count). The lowest BCUT2D eigenvalue weighted by molar-refractivity contribution is -0.171. The van der Waals surface area contributed by atoms with E-state index in [1.165, 1.54) is 0 Å². The number of carbonyl (C=O) groups is 3. The van der Waals surface area contributed by atoms with Gasteiger partial charge in [-0.25, -0.2) is 9.59 Å². The molecule has 1 fully saturated rings. The van der Waals surface area contributed by atoms with Gasteiger partial charge in [-0.15, -0.1) is 0 Å². The number of benzene rings is 6. The van der Waals surface area contributed by atoms with Gasteiger partial charge in [0, 0.05) is 24.7 Å². The first-order valence-electron chi connectivity index (χ1n) is 22.1. The number of ether oxygens (including phenoxy) is 4. The SMILES string of the molecule is CC1(CCCC(=O)O)O[C@H]([C@H](Cc2ccccc2)NC(=O)OCC2c3ccccc3-c3ccccc32)[C@@H]([C@H](Cc2ccccc2)NC(=O)OCC2c3ccccc3-c3ccccc32)O1. The second kappa shape index (κ2) is 18.9. The monoisotopic (exact) mass is 856 g/mol. The molecule has 64 heavy (non-hydrogen) atoms. The summed E-state index contributed by atoms with van der Waals surface area (Å²) in [7, 11) is 0. The molecule has 1 heterocycles. The quantitative estimate of drug-likeness (QED) is 0.0877. The van der Waals surface area contributed by atoms with Gasteiger partial charge in [0.25, 0.3) is 0 Å². The van der Waals surface area contributed by atoms with Gasteiger partial charge >= 0.3 is 18.2 Å². The molecule has 10 nitrogen and oxygen atoms in total. The smallest absolute Gasteiger partial charge is 0.407 e. The number of carboxylic acids is 1. The zero-order valence-corrected chi connectivity index (χ0v) is 35.7. The first-order chi connectivity index (χ1) is 31.2. The number of amides is 2. The van der Waals surface area contributed by atoms with Crippen LogP contribution in [0.1, 0.15) is 71.4 Å². The molecule has 3 N–H and O–H groups in total. The molecule has 10 heteroatoms. The molecule has 0 spiro atoms. The highest BCUT2D eigenvalue weighted by molar-refractivity contribution is 5.80. The van der Waals surface area contributed by atoms with E-state index in [9.17, 15) is 19.5 Å². The summed E-state index contributed by atoms with van der Waals surface area (Å²) in [5.41, 5.74) is 10.8. The van der Waals surface area contributed by atoms with Gasteiger partial charge in [0.15, 0.2) is 5.79 Å². The Morgan fingerprint density at radius 1 is 0.547 bits per heavy atom. The van der Waals surface area contributed by atoms with Crippen LogP contribution in [-0.4, -0.2) is 66.6 Å². The molecule has 6 aromatic rings. The van der Waals surface area contributed by atoms with E-state index in [0.29, 0.717) is 12.8 Å². The maximum Gasteiger partial charge on any atom is 0.407 e. The third-order valence-corrected chi connectivity index (χ3v) is 12.8. The van der Waals surface area contributed by atoms with Crippen molar-refractivity contribution in [2.75, 3.05) is 13.2 Å². The fraction of sp³-hybridized carbons (Fsp3) is 0.278. The molecule has 4 atom stereocenters. The molecule has 0 radical (unpaired) electrons. The van der Waals surface area contributed by atoms with E-state index in [1.807, 2.05) is 109 Å². The maximum absolute atomic E-state index is 14.1. The molecule has 2 amide bonds. The van der Waals surface area contributed by atoms with Crippen molar-refractivity contribution < 1.29 is 38.4 Å². The average Bonchev–Trinajstić information content (AvgIpc) is 3.95. The minimum Gasteiger partial charge on any atom is -0.481 e. The third kappa shape index (κ3) is 9.30. The second-order valence-corrected chi connectivity index (χ2v) is 17.1. The van der Waals surface area contributed by atoms with Gasteiger partial charge in [0.1, 0.15) is 25.4 Å². The summed E-state index contributed by atoms with van der Waals surface area (Å²) < 4.78 is 26.0. The van der Waals surface area contributed by atoms with Crippen LogP contribution in [0.2, 0.25) is 0 Å². The maximum atomic E-state index is 14.1. The number of nitrogens with one attached hydrogen (secondary N) is 2. The molecule has 6 aromatic carbocycles. The zero-order valence-electron chi connectivity index (χ0n) is 35.7. The first kappa shape index (κ1) is 42.5. The Morgan fingerprint density at radius 3 is 1.25 bits per heavy atom. The second-order valence-electron chi connectivity index (χ2n) is 17.1. The number of hydrogen-bond acceptors (Lipinski definition) is 7. The molecule has 0 saturated carbocycles. The number of fused-ring (bicyclic) bond motifs is 6. The lowest BCUT2D eigenvalue weighted by Crippen LogP contribution is -2.56. The van der Waals surface area contributed by atoms with E-state index in [-0.39, 0.29) is 44.3 Å². The number of rotatable bonds is 16. The molecule has 1 aliphatic heterocycles. The Hall–Kier alpha value is -6.75. The average molecular weight is 857 g/mol. The van der Waals surface area contributed by atoms with Crippen molar-refractivity contribution in [2.45, 2.75) is 80.9 Å². The van der Waals surface area contributed by atoms with Crippen molar-refractivity contribution in [2.24, 2.45) is 0 Å². The van der Waals surface area contributed by atoms with Gasteiger partial charge < -0.3 is 34.7 Å². The molecule has 0 unspecified atom stereocenters. The Bertz CT molecular complexity index is 2340. The van der Waals surface area contributed by atoms with Crippen LogP contribution >= 0.6 is 0 Å². The van der Waals surface area contributed by atoms with Crippen molar-refractivity contribution >= 4 is 18.2 Å². The number of alkyl carbamates (subject to hydrolysis) is 2. The fourth-order valence-electron chi connectivity index (χ4n) is 9.86. The standard InChI is InChI=1S/C54H52N2O8/c1-54(30-16-29-49(57)58)63-50(47(31-35-17-4-2-5-18-35)55-52(59)61-33-45-41-25-12-8-21-37(41)38-22-9-13-26-42(38)45)51(64-54)48(32-36-19-6-3-7-20-36)56-53(60)62-34-46-43-27-14-10-23-39(43)40-24-11-15-28-44(40)46/h2-15,17-28,45-48,50-51H,16,29-34H2,1H3,(H,55,59)(H,56,60)(H,57,58)/t47-,48-,50+,51+/m0/s1. The van der Waals surface area contributed by atoms with Crippen molar-refractivity contribution in [3.63, 3.8) is 0 Å². The number of carbonyl (C=O) groups excluding carboxylic acids is 2. The van der Waals surface area contributed by atoms with E-state index < -0.39 is 48.2 Å². The highest BCUT2D eigenvalue weighted by Gasteiger charge is 2.51. The van der Waals surface area contributed by atoms with Crippen LogP contribution < -0.4 is 10.6 Å². The van der Waals surface area contributed by atoms with E-state index in [2.05, 4.69) is 59.2 Å². The first-order valence-corrected chi connectivity index (χ1v) is 22.1. The third-order valence-electron chi connectivity index (χ3n) is 12.8. The van der Waals surface area contributed by atoms with Crippen LogP contribution in [0, 0.1) is 0 Å². The molecule has 0 bridgehead atoms. The van der Waals surface area contributed by atoms with Crippen LogP contribution in [0.5, 0.6) is 0 Å². The summed E-state index contributed by atoms with van der Waals surface area (Å²) in [5.74, 6) is -2.45. The molecule has 2 aliphatic carbocycles. The number of hydrogen-bond donors (Lipinski definition) is 3. The Morgan fingerprint density at radius 2 is 0.891 bits per heavy atom. The molecule has 0 aromatic heterocycles. The van der Waals surface area contributed by atoms with E-state index in [1.54, 1.807) is 6.92 Å². The van der Waals surface area contributed by atoms with E-state index in [4.69, 9.17) is 18.9 Å². The van der Waals surface area contributed by atoms with Crippen LogP contribution in [0.15, 0.2) is 158 Å². The van der Waals surface area contributed by atoms with Crippen LogP contribution in [0.3, 0.4) is 0 Å². The predicted octanol–water partition coefficient (Wildman–Crippen LogP) is 10.0. The van der Waals surface area contributed by atoms with Gasteiger partial charge in [-0.2, -0.15) is 0 Å². The number of carboxylic acid groups (broad SMARTS) is 1. The van der Waals surface area contributed by atoms with Crippen molar-refractivity contribution in [3.05, 3.63) is 191 Å². The topological polar surface area (TPSA) is 132 Å². The molecule has 326 valence electrons. The highest BCUT2D eigenvalue weighted by atomic mass is 16.8. The van der Waals surface area contributed by atoms with E-state index in [0.717, 1.165) is 55.6 Å². The summed E-state index contributed by atoms with van der Waals surface area (Å²) in [6.07, 6.45) is -1.70. The minimum absolute atomic E-state index is 0.0749. The number of aliphatic carboxylic acids is 1. The molecule has 1 saturated heterocycles. The van der Waals surface area contributed by atoms with Gasteiger partial charge in [-0.05, 0) is 81.8 Å². The molecular formula is C54H52N2O8. The summed E-state index contributed by atoms with van der Waals surface area (Å²) >= 11 is 0. The predicted molar refractivity (Wildman–Crippen MR) is 244 cm³/mol. The van der Waals surface area contributed by atoms with Crippen LogP contribution in [0.25, 0.3) is 22.3 Å². The van der Waals surface area contributed by atoms with Crippen molar-refractivity contribution in [1.82, 2.24) is 10.6 Å². The Kier molecular flexibility index (Phi) is 12.6. The normalized spacial score (nSPS) is 17.9. The van der Waals surface area contributed by atoms with Crippen LogP contribution in [-0.2, 0) is 36.6 Å². The Labute approximate surface area is 373 Å². The summed E-state index contributed by atoms with van der Waals surface area (Å²) in [4.78, 5) is 39.9. The lowest BCUT2D eigenvalue weighted by Gasteiger charge is -2.32. The Balaban J connectivity index is 0.996. The van der Waals surface area contributed by atoms with Gasteiger partial charge in [-0.1, -0.05) is 158 Å². The summed E-state index contributed by atoms with van der Waals surface area (Å²) in [6.45, 7) is 2.04. The zero-order chi connectivity index (χ0) is 44.0. The van der Waals surface area contributed by atoms with Crippen molar-refractivity contribution in [1.29, 1.82) is 0 Å². The van der Waals surface area contributed by atoms with Crippen molar-refractivity contribution in [3.8, 4) is 22.3 Å². The summed E-state index contributed by atoms with van der Waals surface area (Å²) in [5, 5.41) is 15.9. The fourth-order valence-corrected chi connectivity index (χ4v) is 9.86. The minimum atomic E-state index is -1.25. The van der Waals surface area contributed by atoms with E-state index >= 15 is 0 Å². The van der Waals surface area contributed by atoms with Gasteiger partial charge in [0.05, 0.1) is 12.1 Å². The van der Waals surface area contributed by atoms with Gasteiger partial charge in [-0.3, -0.25) is 4.79 Å². The summed E-state index contributed by atoms with van der Waals surface area (Å²) in [6, 6.07) is 50.9. The lowest BCUT2D eigenvalue weighted by atomic mass is 9.91. The van der Waals surface area contributed by atoms with Crippen LogP contribution in [0.4, 0.5) is 9.59 Å². The van der Waals surface area contributed by atoms with Gasteiger partial charge in [0.2, 0.25) is 0 Å². The molecule has 3 aliphatic rings. The highest BCUT2D eigenvalue weighted by Crippen LogP contribution is 2.46.